The van der Waals surface area contributed by atoms with Crippen molar-refractivity contribution in [2.75, 3.05) is 14.2 Å². The molecule has 1 aromatic carbocycles. The SMILES string of the molecule is COc1nnc2cccc(OC)c2c1C(C#N)c1nc(C2=CCCC=C2)co1. The highest BCUT2D eigenvalue weighted by Crippen LogP contribution is 2.39. The van der Waals surface area contributed by atoms with Crippen molar-refractivity contribution < 1.29 is 13.9 Å². The molecule has 140 valence electrons. The highest BCUT2D eigenvalue weighted by atomic mass is 16.5. The van der Waals surface area contributed by atoms with Crippen LogP contribution in [0, 0.1) is 11.3 Å². The zero-order chi connectivity index (χ0) is 19.5. The van der Waals surface area contributed by atoms with Gasteiger partial charge in [0.25, 0.3) is 0 Å². The second-order valence-electron chi connectivity index (χ2n) is 6.25. The van der Waals surface area contributed by atoms with Crippen molar-refractivity contribution in [2.45, 2.75) is 18.8 Å². The van der Waals surface area contributed by atoms with E-state index < -0.39 is 5.92 Å². The van der Waals surface area contributed by atoms with Crippen molar-refractivity contribution in [2.24, 2.45) is 0 Å². The summed E-state index contributed by atoms with van der Waals surface area (Å²) in [7, 11) is 3.06. The van der Waals surface area contributed by atoms with E-state index >= 15 is 0 Å². The number of methoxy groups -OCH3 is 2. The molecule has 2 heterocycles. The summed E-state index contributed by atoms with van der Waals surface area (Å²) in [6.45, 7) is 0. The first-order valence-electron chi connectivity index (χ1n) is 8.86. The van der Waals surface area contributed by atoms with E-state index in [4.69, 9.17) is 13.9 Å². The Kier molecular flexibility index (Phi) is 4.77. The maximum Gasteiger partial charge on any atom is 0.239 e. The van der Waals surface area contributed by atoms with E-state index in [9.17, 15) is 5.26 Å². The molecular weight excluding hydrogens is 356 g/mol. The van der Waals surface area contributed by atoms with Gasteiger partial charge in [-0.15, -0.1) is 10.2 Å². The highest BCUT2D eigenvalue weighted by Gasteiger charge is 2.29. The number of ether oxygens (including phenoxy) is 2. The Morgan fingerprint density at radius 2 is 2.07 bits per heavy atom. The Morgan fingerprint density at radius 3 is 2.79 bits per heavy atom. The average Bonchev–Trinajstić information content (AvgIpc) is 3.24. The monoisotopic (exact) mass is 374 g/mol. The number of nitriles is 1. The van der Waals surface area contributed by atoms with Crippen LogP contribution in [0.5, 0.6) is 11.6 Å². The van der Waals surface area contributed by atoms with E-state index in [0.717, 1.165) is 18.4 Å². The van der Waals surface area contributed by atoms with Crippen LogP contribution in [0.1, 0.15) is 35.9 Å². The minimum absolute atomic E-state index is 0.236. The molecule has 28 heavy (non-hydrogen) atoms. The Balaban J connectivity index is 1.88. The second kappa shape index (κ2) is 7.53. The van der Waals surface area contributed by atoms with Crippen LogP contribution in [0.15, 0.2) is 47.1 Å². The molecule has 0 radical (unpaired) electrons. The van der Waals surface area contributed by atoms with Crippen molar-refractivity contribution >= 4 is 16.5 Å². The molecule has 0 amide bonds. The third-order valence-corrected chi connectivity index (χ3v) is 4.64. The second-order valence-corrected chi connectivity index (χ2v) is 6.25. The maximum atomic E-state index is 9.97. The highest BCUT2D eigenvalue weighted by molar-refractivity contribution is 5.90. The number of rotatable bonds is 5. The smallest absolute Gasteiger partial charge is 0.239 e. The first-order valence-corrected chi connectivity index (χ1v) is 8.86. The fraction of sp³-hybridized carbons (Fsp3) is 0.238. The van der Waals surface area contributed by atoms with E-state index in [2.05, 4.69) is 33.4 Å². The first-order chi connectivity index (χ1) is 13.8. The Bertz CT molecular complexity index is 1120. The van der Waals surface area contributed by atoms with E-state index in [0.29, 0.717) is 27.9 Å². The predicted octanol–water partition coefficient (Wildman–Crippen LogP) is 4.02. The quantitative estimate of drug-likeness (QED) is 0.665. The molecule has 4 rings (SSSR count). The molecule has 7 heteroatoms. The van der Waals surface area contributed by atoms with E-state index in [1.165, 1.54) is 7.11 Å². The molecule has 0 fully saturated rings. The molecule has 0 aliphatic heterocycles. The van der Waals surface area contributed by atoms with Crippen molar-refractivity contribution in [3.63, 3.8) is 0 Å². The van der Waals surface area contributed by atoms with Gasteiger partial charge < -0.3 is 13.9 Å². The number of fused-ring (bicyclic) bond motifs is 1. The zero-order valence-electron chi connectivity index (χ0n) is 15.5. The van der Waals surface area contributed by atoms with Gasteiger partial charge in [0.15, 0.2) is 5.92 Å². The van der Waals surface area contributed by atoms with Gasteiger partial charge in [0.1, 0.15) is 17.7 Å². The van der Waals surface area contributed by atoms with Crippen LogP contribution in [-0.2, 0) is 0 Å². The molecule has 1 aliphatic carbocycles. The topological polar surface area (TPSA) is 94.1 Å². The maximum absolute atomic E-state index is 9.97. The number of allylic oxidation sites excluding steroid dienone is 4. The minimum atomic E-state index is -0.828. The third-order valence-electron chi connectivity index (χ3n) is 4.64. The van der Waals surface area contributed by atoms with Crippen molar-refractivity contribution in [3.8, 4) is 17.7 Å². The number of oxazole rings is 1. The fourth-order valence-electron chi connectivity index (χ4n) is 3.32. The Labute approximate surface area is 161 Å². The Morgan fingerprint density at radius 1 is 1.18 bits per heavy atom. The number of benzene rings is 1. The molecule has 1 atom stereocenters. The molecule has 0 bridgehead atoms. The summed E-state index contributed by atoms with van der Waals surface area (Å²) >= 11 is 0. The molecule has 2 aromatic heterocycles. The van der Waals surface area contributed by atoms with Crippen LogP contribution in [0.25, 0.3) is 16.5 Å². The number of aromatic nitrogens is 3. The molecule has 0 saturated carbocycles. The number of hydrogen-bond acceptors (Lipinski definition) is 7. The van der Waals surface area contributed by atoms with Crippen LogP contribution in [0.3, 0.4) is 0 Å². The largest absolute Gasteiger partial charge is 0.496 e. The van der Waals surface area contributed by atoms with Gasteiger partial charge in [-0.05, 0) is 30.5 Å². The van der Waals surface area contributed by atoms with Gasteiger partial charge in [-0.3, -0.25) is 0 Å². The molecule has 0 saturated heterocycles. The van der Waals surface area contributed by atoms with Crippen LogP contribution in [0.2, 0.25) is 0 Å². The summed E-state index contributed by atoms with van der Waals surface area (Å²) in [6, 6.07) is 7.70. The van der Waals surface area contributed by atoms with Crippen LogP contribution in [0.4, 0.5) is 0 Å². The Hall–Kier alpha value is -3.66. The van der Waals surface area contributed by atoms with Crippen molar-refractivity contribution in [3.05, 3.63) is 59.8 Å². The zero-order valence-corrected chi connectivity index (χ0v) is 15.5. The standard InChI is InChI=1S/C21H18N4O3/c1-26-17-10-6-9-15-19(17)18(21(27-2)25-24-15)14(11-22)20-23-16(12-28-20)13-7-4-3-5-8-13/h4,6-10,12,14H,3,5H2,1-2H3. The van der Waals surface area contributed by atoms with Gasteiger partial charge in [0, 0.05) is 0 Å². The molecule has 0 N–H and O–H groups in total. The summed E-state index contributed by atoms with van der Waals surface area (Å²) in [6.07, 6.45) is 9.76. The normalized spacial score (nSPS) is 14.4. The van der Waals surface area contributed by atoms with Gasteiger partial charge in [-0.25, -0.2) is 4.98 Å². The molecule has 3 aromatic rings. The van der Waals surface area contributed by atoms with Crippen LogP contribution < -0.4 is 9.47 Å². The minimum Gasteiger partial charge on any atom is -0.496 e. The van der Waals surface area contributed by atoms with Crippen LogP contribution in [-0.4, -0.2) is 29.4 Å². The molecule has 1 aliphatic rings. The van der Waals surface area contributed by atoms with Crippen LogP contribution >= 0.6 is 0 Å². The van der Waals surface area contributed by atoms with Gasteiger partial charge in [-0.1, -0.05) is 24.3 Å². The summed E-state index contributed by atoms with van der Waals surface area (Å²) in [5, 5.41) is 18.9. The van der Waals surface area contributed by atoms with Crippen molar-refractivity contribution in [1.29, 1.82) is 5.26 Å². The number of nitrogens with zero attached hydrogens (tertiary/aromatic N) is 4. The lowest BCUT2D eigenvalue weighted by molar-refractivity contribution is 0.383. The average molecular weight is 374 g/mol. The fourth-order valence-corrected chi connectivity index (χ4v) is 3.32. The number of hydrogen-bond donors (Lipinski definition) is 0. The molecule has 7 nitrogen and oxygen atoms in total. The molecular formula is C21H18N4O3. The lowest BCUT2D eigenvalue weighted by atomic mass is 9.96. The van der Waals surface area contributed by atoms with Gasteiger partial charge >= 0.3 is 0 Å². The van der Waals surface area contributed by atoms with E-state index in [1.54, 1.807) is 25.5 Å². The predicted molar refractivity (Wildman–Crippen MR) is 103 cm³/mol. The lowest BCUT2D eigenvalue weighted by Crippen LogP contribution is -2.07. The van der Waals surface area contributed by atoms with Gasteiger partial charge in [0.05, 0.1) is 36.8 Å². The van der Waals surface area contributed by atoms with Crippen molar-refractivity contribution in [1.82, 2.24) is 15.2 Å². The summed E-state index contributed by atoms with van der Waals surface area (Å²) < 4.78 is 16.6. The lowest BCUT2D eigenvalue weighted by Gasteiger charge is -2.14. The summed E-state index contributed by atoms with van der Waals surface area (Å²) in [5.41, 5.74) is 2.80. The van der Waals surface area contributed by atoms with E-state index in [-0.39, 0.29) is 11.8 Å². The van der Waals surface area contributed by atoms with Gasteiger partial charge in [-0.2, -0.15) is 5.26 Å². The molecule has 0 spiro atoms. The van der Waals surface area contributed by atoms with E-state index in [1.807, 2.05) is 12.1 Å². The summed E-state index contributed by atoms with van der Waals surface area (Å²) in [5.74, 6) is 0.257. The molecule has 1 unspecified atom stereocenters. The third kappa shape index (κ3) is 2.99. The summed E-state index contributed by atoms with van der Waals surface area (Å²) in [4.78, 5) is 4.57. The first kappa shape index (κ1) is 17.7. The van der Waals surface area contributed by atoms with Gasteiger partial charge in [0.2, 0.25) is 11.8 Å².